The maximum atomic E-state index is 14.5. The van der Waals surface area contributed by atoms with E-state index in [0.29, 0.717) is 17.6 Å². The number of carbonyl (C=O) groups excluding carboxylic acids is 3. The molecule has 6 atom stereocenters. The standard InChI is InChI=1S/C28H29N3O11S/c1-40-18-11-9-17(10-12-18)20(16-33)30-25(27(35)41-2)28(13-15-32)23(26(30)34)24-21(42-28)7-5-14-29(24)43(38,39)22-8-4-3-6-19(22)31(36)37/h3-12,15,20-21,23-25,33H,13-14,16H2,1-2H3/t20-,21-,23+,24+,25-,28+/m0/s1. The quantitative estimate of drug-likeness (QED) is 0.132. The molecular weight excluding hydrogens is 586 g/mol. The minimum atomic E-state index is -4.62. The van der Waals surface area contributed by atoms with Crippen LogP contribution in [0.25, 0.3) is 0 Å². The highest BCUT2D eigenvalue weighted by molar-refractivity contribution is 7.89. The number of nitro benzene ring substituents is 1. The van der Waals surface area contributed by atoms with Crippen molar-refractivity contribution < 1.29 is 47.0 Å². The molecule has 2 fully saturated rings. The molecule has 14 nitrogen and oxygen atoms in total. The maximum Gasteiger partial charge on any atom is 0.331 e. The molecule has 3 aliphatic rings. The average molecular weight is 616 g/mol. The molecule has 1 N–H and O–H groups in total. The molecular formula is C28H29N3O11S. The normalized spacial score (nSPS) is 27.3. The molecule has 3 heterocycles. The number of rotatable bonds is 10. The topological polar surface area (TPSA) is 183 Å². The Hall–Kier alpha value is -4.18. The summed E-state index contributed by atoms with van der Waals surface area (Å²) in [7, 11) is -2.05. The predicted molar refractivity (Wildman–Crippen MR) is 147 cm³/mol. The zero-order chi connectivity index (χ0) is 31.1. The van der Waals surface area contributed by atoms with Crippen LogP contribution >= 0.6 is 0 Å². The van der Waals surface area contributed by atoms with Crippen molar-refractivity contribution in [2.45, 2.75) is 41.1 Å². The molecule has 43 heavy (non-hydrogen) atoms. The fraction of sp³-hybridized carbons (Fsp3) is 0.393. The van der Waals surface area contributed by atoms with Crippen LogP contribution in [0.4, 0.5) is 5.69 Å². The second-order valence-corrected chi connectivity index (χ2v) is 12.1. The first-order valence-electron chi connectivity index (χ1n) is 13.3. The van der Waals surface area contributed by atoms with Crippen LogP contribution in [0.15, 0.2) is 65.6 Å². The van der Waals surface area contributed by atoms with Crippen LogP contribution < -0.4 is 4.74 Å². The van der Waals surface area contributed by atoms with Crippen molar-refractivity contribution in [3.63, 3.8) is 0 Å². The molecule has 0 aliphatic carbocycles. The van der Waals surface area contributed by atoms with Gasteiger partial charge in [0.2, 0.25) is 5.91 Å². The van der Waals surface area contributed by atoms with Gasteiger partial charge in [-0.1, -0.05) is 36.4 Å². The Kier molecular flexibility index (Phi) is 8.09. The van der Waals surface area contributed by atoms with E-state index >= 15 is 0 Å². The number of methoxy groups -OCH3 is 2. The van der Waals surface area contributed by atoms with Gasteiger partial charge in [-0.05, 0) is 23.8 Å². The van der Waals surface area contributed by atoms with E-state index in [1.165, 1.54) is 25.3 Å². The van der Waals surface area contributed by atoms with Crippen molar-refractivity contribution >= 4 is 33.9 Å². The van der Waals surface area contributed by atoms with Gasteiger partial charge in [0, 0.05) is 19.0 Å². The monoisotopic (exact) mass is 615 g/mol. The van der Waals surface area contributed by atoms with E-state index in [0.717, 1.165) is 28.4 Å². The Labute approximate surface area is 246 Å². The minimum Gasteiger partial charge on any atom is -0.497 e. The lowest BCUT2D eigenvalue weighted by Crippen LogP contribution is -2.54. The number of nitro groups is 1. The second kappa shape index (κ2) is 11.5. The summed E-state index contributed by atoms with van der Waals surface area (Å²) < 4.78 is 45.6. The van der Waals surface area contributed by atoms with Crippen LogP contribution in [-0.4, -0.2) is 97.0 Å². The van der Waals surface area contributed by atoms with E-state index in [-0.39, 0.29) is 6.54 Å². The van der Waals surface area contributed by atoms with E-state index in [9.17, 15) is 38.0 Å². The molecule has 3 aliphatic heterocycles. The van der Waals surface area contributed by atoms with Crippen LogP contribution in [0.3, 0.4) is 0 Å². The number of sulfonamides is 1. The Balaban J connectivity index is 1.67. The van der Waals surface area contributed by atoms with Gasteiger partial charge >= 0.3 is 5.97 Å². The third-order valence-corrected chi connectivity index (χ3v) is 10.2. The number of aliphatic hydroxyl groups excluding tert-OH is 1. The van der Waals surface area contributed by atoms with Gasteiger partial charge in [-0.25, -0.2) is 13.2 Å². The number of esters is 1. The maximum absolute atomic E-state index is 14.5. The second-order valence-electron chi connectivity index (χ2n) is 10.2. The van der Waals surface area contributed by atoms with Gasteiger partial charge in [-0.2, -0.15) is 4.31 Å². The fourth-order valence-corrected chi connectivity index (χ4v) is 8.21. The van der Waals surface area contributed by atoms with Crippen molar-refractivity contribution in [2.75, 3.05) is 27.4 Å². The Morgan fingerprint density at radius 1 is 1.23 bits per heavy atom. The molecule has 5 rings (SSSR count). The van der Waals surface area contributed by atoms with E-state index in [4.69, 9.17) is 14.2 Å². The van der Waals surface area contributed by atoms with Gasteiger partial charge in [-0.3, -0.25) is 14.9 Å². The number of ether oxygens (including phenoxy) is 3. The number of nitrogens with zero attached hydrogens (tertiary/aromatic N) is 3. The van der Waals surface area contributed by atoms with E-state index < -0.39 is 86.2 Å². The first-order chi connectivity index (χ1) is 20.6. The summed E-state index contributed by atoms with van der Waals surface area (Å²) in [6.07, 6.45) is 1.93. The van der Waals surface area contributed by atoms with Crippen molar-refractivity contribution in [1.82, 2.24) is 9.21 Å². The molecule has 0 aromatic heterocycles. The highest BCUT2D eigenvalue weighted by Crippen LogP contribution is 2.54. The number of carbonyl (C=O) groups is 3. The number of amides is 1. The zero-order valence-corrected chi connectivity index (χ0v) is 24.0. The smallest absolute Gasteiger partial charge is 0.331 e. The third kappa shape index (κ3) is 4.68. The lowest BCUT2D eigenvalue weighted by Gasteiger charge is -2.38. The largest absolute Gasteiger partial charge is 0.497 e. The molecule has 2 saturated heterocycles. The van der Waals surface area contributed by atoms with Gasteiger partial charge in [0.1, 0.15) is 17.6 Å². The van der Waals surface area contributed by atoms with Crippen LogP contribution in [0, 0.1) is 16.0 Å². The first kappa shape index (κ1) is 30.3. The number of aliphatic hydroxyl groups is 1. The van der Waals surface area contributed by atoms with Gasteiger partial charge < -0.3 is 29.0 Å². The zero-order valence-electron chi connectivity index (χ0n) is 23.1. The number of benzene rings is 2. The number of aldehydes is 1. The van der Waals surface area contributed by atoms with Crippen LogP contribution in [0.2, 0.25) is 0 Å². The molecule has 15 heteroatoms. The lowest BCUT2D eigenvalue weighted by atomic mass is 9.79. The molecule has 1 amide bonds. The van der Waals surface area contributed by atoms with E-state index in [1.54, 1.807) is 30.3 Å². The molecule has 2 aromatic rings. The fourth-order valence-electron chi connectivity index (χ4n) is 6.46. The van der Waals surface area contributed by atoms with E-state index in [2.05, 4.69) is 0 Å². The van der Waals surface area contributed by atoms with Gasteiger partial charge in [0.25, 0.3) is 15.7 Å². The van der Waals surface area contributed by atoms with Crippen molar-refractivity contribution in [3.05, 3.63) is 76.4 Å². The predicted octanol–water partition coefficient (Wildman–Crippen LogP) is 0.993. The summed E-state index contributed by atoms with van der Waals surface area (Å²) in [5, 5.41) is 22.2. The van der Waals surface area contributed by atoms with Crippen molar-refractivity contribution in [1.29, 1.82) is 0 Å². The van der Waals surface area contributed by atoms with Crippen molar-refractivity contribution in [3.8, 4) is 5.75 Å². The molecule has 0 saturated carbocycles. The highest BCUT2D eigenvalue weighted by atomic mass is 32.2. The SMILES string of the molecule is COC(=O)[C@@H]1N([C@@H](CO)c2ccc(OC)cc2)C(=O)[C@H]2[C@H]3[C@H](C=CCN3S(=O)(=O)c3ccccc3[N+](=O)[O-])O[C@@]12CC=O. The highest BCUT2D eigenvalue weighted by Gasteiger charge is 2.73. The molecule has 0 radical (unpaired) electrons. The molecule has 0 unspecified atom stereocenters. The van der Waals surface area contributed by atoms with Crippen LogP contribution in [0.5, 0.6) is 5.75 Å². The number of fused-ring (bicyclic) bond motifs is 3. The number of hydrogen-bond acceptors (Lipinski definition) is 11. The molecule has 0 spiro atoms. The summed E-state index contributed by atoms with van der Waals surface area (Å²) in [5.41, 5.74) is -2.11. The summed E-state index contributed by atoms with van der Waals surface area (Å²) in [6.45, 7) is -0.896. The van der Waals surface area contributed by atoms with Gasteiger partial charge in [-0.15, -0.1) is 0 Å². The average Bonchev–Trinajstić information content (AvgIpc) is 3.46. The van der Waals surface area contributed by atoms with Gasteiger partial charge in [0.05, 0.1) is 49.9 Å². The number of hydrogen-bond donors (Lipinski definition) is 1. The van der Waals surface area contributed by atoms with E-state index in [1.807, 2.05) is 0 Å². The molecule has 2 aromatic carbocycles. The number of para-hydroxylation sites is 1. The van der Waals surface area contributed by atoms with Crippen molar-refractivity contribution in [2.24, 2.45) is 5.92 Å². The number of likely N-dealkylation sites (tertiary alicyclic amines) is 1. The lowest BCUT2D eigenvalue weighted by molar-refractivity contribution is -0.387. The summed E-state index contributed by atoms with van der Waals surface area (Å²) in [4.78, 5) is 51.4. The summed E-state index contributed by atoms with van der Waals surface area (Å²) in [6, 6.07) is 7.29. The molecule has 0 bridgehead atoms. The Morgan fingerprint density at radius 3 is 2.53 bits per heavy atom. The Bertz CT molecular complexity index is 1580. The molecule has 228 valence electrons. The summed E-state index contributed by atoms with van der Waals surface area (Å²) >= 11 is 0. The first-order valence-corrected chi connectivity index (χ1v) is 14.7. The summed E-state index contributed by atoms with van der Waals surface area (Å²) in [5.74, 6) is -2.59. The third-order valence-electron chi connectivity index (χ3n) is 8.25. The van der Waals surface area contributed by atoms with Crippen LogP contribution in [-0.2, 0) is 33.9 Å². The van der Waals surface area contributed by atoms with Crippen LogP contribution in [0.1, 0.15) is 18.0 Å². The van der Waals surface area contributed by atoms with Gasteiger partial charge in [0.15, 0.2) is 10.9 Å². The minimum absolute atomic E-state index is 0.259. The Morgan fingerprint density at radius 2 is 1.93 bits per heavy atom.